The number of H-pyrrole nitrogens is 1. The molecule has 1 saturated heterocycles. The van der Waals surface area contributed by atoms with Crippen molar-refractivity contribution in [3.05, 3.63) is 58.0 Å². The van der Waals surface area contributed by atoms with Crippen LogP contribution in [0.5, 0.6) is 11.5 Å². The molecule has 33 heavy (non-hydrogen) atoms. The van der Waals surface area contributed by atoms with Crippen molar-refractivity contribution in [1.82, 2.24) is 20.1 Å². The summed E-state index contributed by atoms with van der Waals surface area (Å²) in [5.41, 5.74) is 7.08. The van der Waals surface area contributed by atoms with Crippen molar-refractivity contribution in [3.8, 4) is 28.6 Å². The number of phenolic OH excluding ortho intramolecular Hbond substituents is 2. The SMILES string of the molecule is CC(C)c1cc(-c2n[nH]c(=O)n2-c2cccc(CC3(C(N)=O)CCNCC3)c2)c(O)cc1O. The molecule has 174 valence electrons. The van der Waals surface area contributed by atoms with E-state index in [2.05, 4.69) is 15.5 Å². The van der Waals surface area contributed by atoms with E-state index in [1.165, 1.54) is 10.6 Å². The summed E-state index contributed by atoms with van der Waals surface area (Å²) in [7, 11) is 0. The number of rotatable bonds is 6. The van der Waals surface area contributed by atoms with Gasteiger partial charge in [0.15, 0.2) is 5.82 Å². The number of aromatic amines is 1. The topological polar surface area (TPSA) is 146 Å². The molecule has 1 aromatic heterocycles. The van der Waals surface area contributed by atoms with Crippen molar-refractivity contribution in [3.63, 3.8) is 0 Å². The van der Waals surface area contributed by atoms with Gasteiger partial charge in [-0.2, -0.15) is 5.10 Å². The average molecular weight is 452 g/mol. The van der Waals surface area contributed by atoms with E-state index in [4.69, 9.17) is 5.73 Å². The van der Waals surface area contributed by atoms with Crippen molar-refractivity contribution in [1.29, 1.82) is 0 Å². The molecule has 3 aromatic rings. The zero-order valence-electron chi connectivity index (χ0n) is 18.8. The van der Waals surface area contributed by atoms with Gasteiger partial charge in [0.05, 0.1) is 16.7 Å². The molecule has 6 N–H and O–H groups in total. The molecule has 0 bridgehead atoms. The van der Waals surface area contributed by atoms with E-state index in [-0.39, 0.29) is 29.1 Å². The fourth-order valence-electron chi connectivity index (χ4n) is 4.56. The Morgan fingerprint density at radius 1 is 1.18 bits per heavy atom. The summed E-state index contributed by atoms with van der Waals surface area (Å²) in [4.78, 5) is 25.0. The number of benzene rings is 2. The van der Waals surface area contributed by atoms with Crippen LogP contribution < -0.4 is 16.7 Å². The van der Waals surface area contributed by atoms with E-state index >= 15 is 0 Å². The lowest BCUT2D eigenvalue weighted by atomic mass is 9.73. The number of nitrogens with zero attached hydrogens (tertiary/aromatic N) is 2. The van der Waals surface area contributed by atoms with Gasteiger partial charge in [-0.3, -0.25) is 4.79 Å². The zero-order valence-corrected chi connectivity index (χ0v) is 18.8. The van der Waals surface area contributed by atoms with Gasteiger partial charge in [-0.25, -0.2) is 14.5 Å². The third-order valence-corrected chi connectivity index (χ3v) is 6.47. The van der Waals surface area contributed by atoms with Gasteiger partial charge in [-0.05, 0) is 67.6 Å². The van der Waals surface area contributed by atoms with Crippen LogP contribution in [-0.2, 0) is 11.2 Å². The lowest BCUT2D eigenvalue weighted by Gasteiger charge is -2.34. The number of amides is 1. The Bertz CT molecular complexity index is 1240. The summed E-state index contributed by atoms with van der Waals surface area (Å²) in [6.07, 6.45) is 1.79. The summed E-state index contributed by atoms with van der Waals surface area (Å²) in [5.74, 6) is -0.289. The smallest absolute Gasteiger partial charge is 0.348 e. The number of hydrogen-bond acceptors (Lipinski definition) is 6. The number of phenols is 2. The summed E-state index contributed by atoms with van der Waals surface area (Å²) in [5, 5.41) is 30.6. The zero-order chi connectivity index (χ0) is 23.8. The molecule has 1 fully saturated rings. The van der Waals surface area contributed by atoms with Crippen LogP contribution >= 0.6 is 0 Å². The standard InChI is InChI=1S/C24H29N5O4/c1-14(2)17-11-18(20(31)12-19(17)30)21-27-28-23(33)29(21)16-5-3-4-15(10-16)13-24(22(25)32)6-8-26-9-7-24/h3-5,10-12,14,26,30-31H,6-9,13H2,1-2H3,(H2,25,32)(H,28,33). The van der Waals surface area contributed by atoms with Gasteiger partial charge < -0.3 is 21.3 Å². The van der Waals surface area contributed by atoms with Crippen LogP contribution in [0.4, 0.5) is 0 Å². The van der Waals surface area contributed by atoms with E-state index < -0.39 is 11.1 Å². The number of aromatic nitrogens is 3. The van der Waals surface area contributed by atoms with Gasteiger partial charge in [0.1, 0.15) is 11.5 Å². The van der Waals surface area contributed by atoms with Crippen molar-refractivity contribution < 1.29 is 15.0 Å². The Balaban J connectivity index is 1.77. The lowest BCUT2D eigenvalue weighted by Crippen LogP contribution is -2.46. The molecule has 0 radical (unpaired) electrons. The van der Waals surface area contributed by atoms with Crippen LogP contribution in [0.2, 0.25) is 0 Å². The molecule has 1 aliphatic rings. The molecule has 1 amide bonds. The highest BCUT2D eigenvalue weighted by Gasteiger charge is 2.38. The summed E-state index contributed by atoms with van der Waals surface area (Å²) >= 11 is 0. The fourth-order valence-corrected chi connectivity index (χ4v) is 4.56. The summed E-state index contributed by atoms with van der Waals surface area (Å²) in [6, 6.07) is 10.2. The maximum atomic E-state index is 12.7. The Hall–Kier alpha value is -3.59. The lowest BCUT2D eigenvalue weighted by molar-refractivity contribution is -0.129. The molecule has 9 heteroatoms. The minimum atomic E-state index is -0.630. The number of carbonyl (C=O) groups is 1. The highest BCUT2D eigenvalue weighted by Crippen LogP contribution is 2.38. The Morgan fingerprint density at radius 2 is 1.91 bits per heavy atom. The average Bonchev–Trinajstić information content (AvgIpc) is 3.15. The van der Waals surface area contributed by atoms with Crippen LogP contribution in [-0.4, -0.2) is 44.0 Å². The molecule has 2 heterocycles. The monoisotopic (exact) mass is 451 g/mol. The Kier molecular flexibility index (Phi) is 5.99. The van der Waals surface area contributed by atoms with Gasteiger partial charge in [0.2, 0.25) is 5.91 Å². The van der Waals surface area contributed by atoms with Gasteiger partial charge >= 0.3 is 5.69 Å². The van der Waals surface area contributed by atoms with Crippen LogP contribution in [0, 0.1) is 5.41 Å². The van der Waals surface area contributed by atoms with Crippen molar-refractivity contribution in [2.45, 2.75) is 39.0 Å². The maximum Gasteiger partial charge on any atom is 0.348 e. The first-order valence-corrected chi connectivity index (χ1v) is 11.1. The maximum absolute atomic E-state index is 12.7. The Labute approximate surface area is 191 Å². The molecule has 0 unspecified atom stereocenters. The van der Waals surface area contributed by atoms with Crippen molar-refractivity contribution in [2.24, 2.45) is 11.1 Å². The number of carbonyl (C=O) groups excluding carboxylic acids is 1. The minimum absolute atomic E-state index is 0.00163. The molecule has 0 atom stereocenters. The predicted octanol–water partition coefficient (Wildman–Crippen LogP) is 2.16. The number of nitrogens with one attached hydrogen (secondary N) is 2. The number of piperidine rings is 1. The highest BCUT2D eigenvalue weighted by atomic mass is 16.3. The second-order valence-corrected chi connectivity index (χ2v) is 9.01. The van der Waals surface area contributed by atoms with Gasteiger partial charge in [0, 0.05) is 6.07 Å². The van der Waals surface area contributed by atoms with E-state index in [9.17, 15) is 19.8 Å². The van der Waals surface area contributed by atoms with Crippen molar-refractivity contribution >= 4 is 5.91 Å². The normalized spacial score (nSPS) is 15.6. The van der Waals surface area contributed by atoms with Gasteiger partial charge in [0.25, 0.3) is 0 Å². The molecule has 0 spiro atoms. The molecule has 4 rings (SSSR count). The van der Waals surface area contributed by atoms with Crippen LogP contribution in [0.15, 0.2) is 41.2 Å². The van der Waals surface area contributed by atoms with Gasteiger partial charge in [-0.1, -0.05) is 26.0 Å². The minimum Gasteiger partial charge on any atom is -0.508 e. The third-order valence-electron chi connectivity index (χ3n) is 6.47. The predicted molar refractivity (Wildman–Crippen MR) is 124 cm³/mol. The van der Waals surface area contributed by atoms with Gasteiger partial charge in [-0.15, -0.1) is 0 Å². The molecular formula is C24H29N5O4. The van der Waals surface area contributed by atoms with Crippen molar-refractivity contribution in [2.75, 3.05) is 13.1 Å². The molecule has 0 aliphatic carbocycles. The van der Waals surface area contributed by atoms with Crippen LogP contribution in [0.1, 0.15) is 43.7 Å². The highest BCUT2D eigenvalue weighted by molar-refractivity contribution is 5.81. The molecule has 1 aliphatic heterocycles. The van der Waals surface area contributed by atoms with Crippen LogP contribution in [0.25, 0.3) is 17.1 Å². The quantitative estimate of drug-likeness (QED) is 0.388. The van der Waals surface area contributed by atoms with E-state index in [0.29, 0.717) is 36.1 Å². The summed E-state index contributed by atoms with van der Waals surface area (Å²) in [6.45, 7) is 5.30. The van der Waals surface area contributed by atoms with E-state index in [1.807, 2.05) is 32.0 Å². The van der Waals surface area contributed by atoms with E-state index in [0.717, 1.165) is 18.7 Å². The number of aromatic hydroxyl groups is 2. The first kappa shape index (κ1) is 22.6. The number of nitrogens with two attached hydrogens (primary N) is 1. The fraction of sp³-hybridized carbons (Fsp3) is 0.375. The summed E-state index contributed by atoms with van der Waals surface area (Å²) < 4.78 is 1.37. The first-order valence-electron chi connectivity index (χ1n) is 11.1. The largest absolute Gasteiger partial charge is 0.508 e. The second kappa shape index (κ2) is 8.74. The third kappa shape index (κ3) is 4.23. The first-order chi connectivity index (χ1) is 15.7. The van der Waals surface area contributed by atoms with E-state index in [1.54, 1.807) is 12.1 Å². The molecule has 9 nitrogen and oxygen atoms in total. The van der Waals surface area contributed by atoms with Crippen LogP contribution in [0.3, 0.4) is 0 Å². The second-order valence-electron chi connectivity index (χ2n) is 9.01. The number of hydrogen-bond donors (Lipinski definition) is 5. The molecular weight excluding hydrogens is 422 g/mol. The Morgan fingerprint density at radius 3 is 2.58 bits per heavy atom. The number of primary amides is 1. The molecule has 0 saturated carbocycles. The molecule has 2 aromatic carbocycles.